The molecule has 0 radical (unpaired) electrons. The number of rotatable bonds is 6. The van der Waals surface area contributed by atoms with Crippen LogP contribution in [0.15, 0.2) is 48.5 Å². The van der Waals surface area contributed by atoms with E-state index < -0.39 is 8.07 Å². The van der Waals surface area contributed by atoms with Gasteiger partial charge < -0.3 is 15.2 Å². The summed E-state index contributed by atoms with van der Waals surface area (Å²) in [6.07, 6.45) is 7.90. The Morgan fingerprint density at radius 3 is 2.53 bits per heavy atom. The Labute approximate surface area is 216 Å². The molecule has 2 N–H and O–H groups in total. The molecule has 1 amide bonds. The van der Waals surface area contributed by atoms with E-state index in [4.69, 9.17) is 0 Å². The third-order valence-corrected chi connectivity index (χ3v) is 8.48. The number of H-pyrrole nitrogens is 1. The summed E-state index contributed by atoms with van der Waals surface area (Å²) in [5, 5.41) is 4.93. The average Bonchev–Trinajstić information content (AvgIpc) is 3.21. The number of carbonyl (C=O) groups is 1. The minimum atomic E-state index is -1.68. The molecule has 2 aliphatic rings. The lowest BCUT2D eigenvalue weighted by Crippen LogP contribution is -2.47. The largest absolute Gasteiger partial charge is 0.382 e. The fourth-order valence-electron chi connectivity index (χ4n) is 5.50. The standard InChI is InChI=1S/C31H39N3OSi/c1-5-6-12-25-21-27-26-13-7-8-14-28(26)33-30(27)31(34(25)29(35)19-20-36(2,3)4)22-15-17-24(18-16-22)32-23-10-9-11-23/h7-8,13-18,23,25,31-33H,5-6,9-12,21H2,1-4H3/t25-,31-/m0/s1. The number of para-hydroxylation sites is 1. The molecule has 0 spiro atoms. The Bertz CT molecular complexity index is 1290. The second kappa shape index (κ2) is 10.2. The minimum Gasteiger partial charge on any atom is -0.382 e. The van der Waals surface area contributed by atoms with E-state index >= 15 is 0 Å². The molecule has 5 rings (SSSR count). The SMILES string of the molecule is CCCC[C@H]1Cc2c([nH]c3ccccc23)[C@H](c2ccc(NC3CCC3)cc2)N1C(=O)C#C[Si](C)(C)C. The predicted molar refractivity (Wildman–Crippen MR) is 153 cm³/mol. The first-order chi connectivity index (χ1) is 17.3. The van der Waals surface area contributed by atoms with Gasteiger partial charge in [0.1, 0.15) is 8.07 Å². The molecule has 36 heavy (non-hydrogen) atoms. The lowest BCUT2D eigenvalue weighted by molar-refractivity contribution is -0.130. The highest BCUT2D eigenvalue weighted by Crippen LogP contribution is 2.42. The van der Waals surface area contributed by atoms with Crippen molar-refractivity contribution in [2.45, 2.75) is 89.6 Å². The number of nitrogens with zero attached hydrogens (tertiary/aromatic N) is 1. The molecule has 1 aliphatic heterocycles. The van der Waals surface area contributed by atoms with Crippen molar-refractivity contribution >= 4 is 30.6 Å². The van der Waals surface area contributed by atoms with Crippen LogP contribution in [0.1, 0.15) is 68.3 Å². The van der Waals surface area contributed by atoms with Crippen molar-refractivity contribution < 1.29 is 4.79 Å². The summed E-state index contributed by atoms with van der Waals surface area (Å²) >= 11 is 0. The summed E-state index contributed by atoms with van der Waals surface area (Å²) in [5.41, 5.74) is 9.29. The van der Waals surface area contributed by atoms with Crippen LogP contribution in [0.5, 0.6) is 0 Å². The highest BCUT2D eigenvalue weighted by Gasteiger charge is 2.39. The molecule has 1 saturated carbocycles. The van der Waals surface area contributed by atoms with Crippen LogP contribution < -0.4 is 5.32 Å². The topological polar surface area (TPSA) is 48.1 Å². The van der Waals surface area contributed by atoms with Crippen LogP contribution in [0, 0.1) is 11.5 Å². The first kappa shape index (κ1) is 24.7. The van der Waals surface area contributed by atoms with Gasteiger partial charge in [0.2, 0.25) is 0 Å². The van der Waals surface area contributed by atoms with Crippen molar-refractivity contribution in [1.82, 2.24) is 9.88 Å². The molecule has 188 valence electrons. The molecule has 4 nitrogen and oxygen atoms in total. The normalized spacial score (nSPS) is 19.8. The van der Waals surface area contributed by atoms with E-state index in [1.165, 1.54) is 30.2 Å². The number of fused-ring (bicyclic) bond motifs is 3. The summed E-state index contributed by atoms with van der Waals surface area (Å²) in [6, 6.07) is 17.9. The third-order valence-electron chi connectivity index (χ3n) is 7.60. The predicted octanol–water partition coefficient (Wildman–Crippen LogP) is 7.05. The number of nitrogens with one attached hydrogen (secondary N) is 2. The molecule has 3 aromatic rings. The number of aromatic amines is 1. The van der Waals surface area contributed by atoms with Gasteiger partial charge in [-0.05, 0) is 67.4 Å². The Kier molecular flexibility index (Phi) is 6.99. The summed E-state index contributed by atoms with van der Waals surface area (Å²) in [6.45, 7) is 8.81. The zero-order chi connectivity index (χ0) is 25.3. The molecule has 0 bridgehead atoms. The Hall–Kier alpha value is -2.97. The summed E-state index contributed by atoms with van der Waals surface area (Å²) in [7, 11) is -1.68. The van der Waals surface area contributed by atoms with Crippen LogP contribution in [0.3, 0.4) is 0 Å². The van der Waals surface area contributed by atoms with E-state index in [-0.39, 0.29) is 18.0 Å². The van der Waals surface area contributed by atoms with Crippen LogP contribution in [0.4, 0.5) is 5.69 Å². The van der Waals surface area contributed by atoms with Crippen molar-refractivity contribution in [3.63, 3.8) is 0 Å². The molecule has 0 saturated heterocycles. The molecule has 1 aromatic heterocycles. The van der Waals surface area contributed by atoms with Gasteiger partial charge in [-0.15, -0.1) is 5.54 Å². The van der Waals surface area contributed by atoms with Gasteiger partial charge in [0.05, 0.1) is 6.04 Å². The van der Waals surface area contributed by atoms with E-state index in [0.717, 1.165) is 48.1 Å². The highest BCUT2D eigenvalue weighted by molar-refractivity contribution is 6.84. The first-order valence-electron chi connectivity index (χ1n) is 13.7. The summed E-state index contributed by atoms with van der Waals surface area (Å²) in [5.74, 6) is 3.05. The number of hydrogen-bond donors (Lipinski definition) is 2. The molecule has 2 aromatic carbocycles. The van der Waals surface area contributed by atoms with Gasteiger partial charge in [-0.25, -0.2) is 0 Å². The second-order valence-corrected chi connectivity index (χ2v) is 16.3. The van der Waals surface area contributed by atoms with Crippen molar-refractivity contribution in [3.05, 3.63) is 65.4 Å². The van der Waals surface area contributed by atoms with Gasteiger partial charge >= 0.3 is 0 Å². The minimum absolute atomic E-state index is 0.0375. The van der Waals surface area contributed by atoms with E-state index in [9.17, 15) is 4.79 Å². The summed E-state index contributed by atoms with van der Waals surface area (Å²) in [4.78, 5) is 19.7. The monoisotopic (exact) mass is 497 g/mol. The molecule has 0 unspecified atom stereocenters. The smallest absolute Gasteiger partial charge is 0.298 e. The van der Waals surface area contributed by atoms with Crippen molar-refractivity contribution in [2.24, 2.45) is 0 Å². The fraction of sp³-hybridized carbons (Fsp3) is 0.452. The van der Waals surface area contributed by atoms with E-state index in [1.54, 1.807) is 0 Å². The number of unbranched alkanes of at least 4 members (excludes halogenated alkanes) is 1. The number of benzene rings is 2. The lowest BCUT2D eigenvalue weighted by Gasteiger charge is -2.41. The molecule has 1 fully saturated rings. The van der Waals surface area contributed by atoms with Gasteiger partial charge in [-0.2, -0.15) is 0 Å². The quantitative estimate of drug-likeness (QED) is 0.283. The highest BCUT2D eigenvalue weighted by atomic mass is 28.3. The molecule has 1 aliphatic carbocycles. The van der Waals surface area contributed by atoms with Crippen LogP contribution in [-0.2, 0) is 11.2 Å². The number of hydrogen-bond acceptors (Lipinski definition) is 2. The number of amides is 1. The maximum atomic E-state index is 13.8. The van der Waals surface area contributed by atoms with Gasteiger partial charge in [0, 0.05) is 34.4 Å². The van der Waals surface area contributed by atoms with Crippen molar-refractivity contribution in [3.8, 4) is 11.5 Å². The van der Waals surface area contributed by atoms with Crippen molar-refractivity contribution in [2.75, 3.05) is 5.32 Å². The van der Waals surface area contributed by atoms with Gasteiger partial charge in [0.15, 0.2) is 0 Å². The zero-order valence-corrected chi connectivity index (χ0v) is 23.2. The fourth-order valence-corrected chi connectivity index (χ4v) is 5.99. The van der Waals surface area contributed by atoms with E-state index in [0.29, 0.717) is 6.04 Å². The number of aromatic nitrogens is 1. The molecular formula is C31H39N3OSi. The Balaban J connectivity index is 1.60. The Morgan fingerprint density at radius 2 is 1.86 bits per heavy atom. The average molecular weight is 498 g/mol. The summed E-state index contributed by atoms with van der Waals surface area (Å²) < 4.78 is 0. The number of anilines is 1. The van der Waals surface area contributed by atoms with Gasteiger partial charge in [-0.3, -0.25) is 4.79 Å². The second-order valence-electron chi connectivity index (χ2n) is 11.6. The molecule has 2 atom stereocenters. The number of carbonyl (C=O) groups excluding carboxylic acids is 1. The van der Waals surface area contributed by atoms with E-state index in [1.807, 2.05) is 0 Å². The van der Waals surface area contributed by atoms with Gasteiger partial charge in [0.25, 0.3) is 5.91 Å². The van der Waals surface area contributed by atoms with E-state index in [2.05, 4.69) is 102 Å². The van der Waals surface area contributed by atoms with Crippen LogP contribution >= 0.6 is 0 Å². The van der Waals surface area contributed by atoms with Gasteiger partial charge in [-0.1, -0.05) is 69.7 Å². The molecular weight excluding hydrogens is 458 g/mol. The maximum Gasteiger partial charge on any atom is 0.298 e. The first-order valence-corrected chi connectivity index (χ1v) is 17.2. The van der Waals surface area contributed by atoms with Crippen molar-refractivity contribution in [1.29, 1.82) is 0 Å². The van der Waals surface area contributed by atoms with Crippen LogP contribution in [0.25, 0.3) is 10.9 Å². The molecule has 5 heteroatoms. The molecule has 2 heterocycles. The zero-order valence-electron chi connectivity index (χ0n) is 22.2. The van der Waals surface area contributed by atoms with Crippen LogP contribution in [-0.4, -0.2) is 35.9 Å². The lowest BCUT2D eigenvalue weighted by atomic mass is 9.86. The Morgan fingerprint density at radius 1 is 1.11 bits per heavy atom. The third kappa shape index (κ3) is 5.10. The van der Waals surface area contributed by atoms with Crippen LogP contribution in [0.2, 0.25) is 19.6 Å². The maximum absolute atomic E-state index is 13.8.